The fraction of sp³-hybridized carbons (Fsp3) is 0.125. The summed E-state index contributed by atoms with van der Waals surface area (Å²) in [5.41, 5.74) is 2.92. The lowest BCUT2D eigenvalue weighted by Gasteiger charge is -2.08. The van der Waals surface area contributed by atoms with Crippen LogP contribution in [0.5, 0.6) is 5.75 Å². The normalized spacial score (nSPS) is 10.8. The Morgan fingerprint density at radius 3 is 2.60 bits per heavy atom. The third-order valence-electron chi connectivity index (χ3n) is 3.24. The summed E-state index contributed by atoms with van der Waals surface area (Å²) in [6, 6.07) is 13.6. The Labute approximate surface area is 122 Å². The first-order valence-electron chi connectivity index (χ1n) is 6.26. The minimum atomic E-state index is 0.437. The molecule has 0 bridgehead atoms. The van der Waals surface area contributed by atoms with Crippen molar-refractivity contribution in [2.75, 3.05) is 7.11 Å². The molecule has 0 aliphatic carbocycles. The van der Waals surface area contributed by atoms with Crippen molar-refractivity contribution in [1.82, 2.24) is 9.97 Å². The molecule has 3 rings (SSSR count). The van der Waals surface area contributed by atoms with Crippen LogP contribution in [0.4, 0.5) is 0 Å². The number of rotatable bonds is 2. The molecule has 0 spiro atoms. The zero-order valence-electron chi connectivity index (χ0n) is 11.2. The number of aryl methyl sites for hydroxylation is 1. The van der Waals surface area contributed by atoms with Gasteiger partial charge in [-0.2, -0.15) is 0 Å². The topological polar surface area (TPSA) is 35.0 Å². The van der Waals surface area contributed by atoms with Crippen LogP contribution in [0.25, 0.3) is 22.3 Å². The van der Waals surface area contributed by atoms with Crippen molar-refractivity contribution in [3.05, 3.63) is 53.2 Å². The van der Waals surface area contributed by atoms with Crippen LogP contribution in [-0.2, 0) is 0 Å². The van der Waals surface area contributed by atoms with Gasteiger partial charge in [-0.25, -0.2) is 9.97 Å². The summed E-state index contributed by atoms with van der Waals surface area (Å²) in [5, 5.41) is 1.23. The van der Waals surface area contributed by atoms with Crippen LogP contribution in [0.15, 0.2) is 42.5 Å². The van der Waals surface area contributed by atoms with Gasteiger partial charge in [0, 0.05) is 10.9 Å². The monoisotopic (exact) mass is 284 g/mol. The Hall–Kier alpha value is -2.13. The van der Waals surface area contributed by atoms with E-state index in [1.165, 1.54) is 0 Å². The molecule has 1 aromatic heterocycles. The lowest BCUT2D eigenvalue weighted by Crippen LogP contribution is -1.94. The molecule has 20 heavy (non-hydrogen) atoms. The fourth-order valence-electron chi connectivity index (χ4n) is 2.14. The van der Waals surface area contributed by atoms with Gasteiger partial charge in [-0.3, -0.25) is 0 Å². The molecule has 0 amide bonds. The van der Waals surface area contributed by atoms with E-state index in [9.17, 15) is 0 Å². The van der Waals surface area contributed by atoms with Gasteiger partial charge in [-0.1, -0.05) is 35.9 Å². The number of fused-ring (bicyclic) bond motifs is 1. The first-order chi connectivity index (χ1) is 9.69. The van der Waals surface area contributed by atoms with Gasteiger partial charge in [0.2, 0.25) is 0 Å². The number of benzene rings is 2. The number of halogens is 1. The van der Waals surface area contributed by atoms with Crippen molar-refractivity contribution in [1.29, 1.82) is 0 Å². The Morgan fingerprint density at radius 2 is 1.85 bits per heavy atom. The highest BCUT2D eigenvalue weighted by molar-refractivity contribution is 6.34. The van der Waals surface area contributed by atoms with E-state index in [2.05, 4.69) is 9.97 Å². The fourth-order valence-corrected chi connectivity index (χ4v) is 2.37. The predicted molar refractivity (Wildman–Crippen MR) is 81.3 cm³/mol. The number of ether oxygens (including phenoxy) is 1. The van der Waals surface area contributed by atoms with E-state index in [0.717, 1.165) is 27.8 Å². The smallest absolute Gasteiger partial charge is 0.161 e. The molecule has 0 fully saturated rings. The molecular formula is C16H13ClN2O. The second-order valence-electron chi connectivity index (χ2n) is 4.54. The highest BCUT2D eigenvalue weighted by Crippen LogP contribution is 2.28. The zero-order valence-corrected chi connectivity index (χ0v) is 12.0. The molecule has 4 heteroatoms. The second-order valence-corrected chi connectivity index (χ2v) is 4.89. The SMILES string of the molecule is COc1ccc2nc(-c3ccccc3C)nc(Cl)c2c1. The standard InChI is InChI=1S/C16H13ClN2O/c1-10-5-3-4-6-12(10)16-18-14-8-7-11(20-2)9-13(14)15(17)19-16/h3-9H,1-2H3. The Balaban J connectivity index is 2.23. The lowest BCUT2D eigenvalue weighted by atomic mass is 10.1. The van der Waals surface area contributed by atoms with Crippen molar-refractivity contribution < 1.29 is 4.74 Å². The first kappa shape index (κ1) is 12.9. The van der Waals surface area contributed by atoms with Crippen molar-refractivity contribution in [2.45, 2.75) is 6.92 Å². The summed E-state index contributed by atoms with van der Waals surface area (Å²) in [6.07, 6.45) is 0. The Kier molecular flexibility index (Phi) is 3.28. The Bertz CT molecular complexity index is 787. The van der Waals surface area contributed by atoms with E-state index < -0.39 is 0 Å². The van der Waals surface area contributed by atoms with Gasteiger partial charge in [0.25, 0.3) is 0 Å². The largest absolute Gasteiger partial charge is 0.497 e. The average Bonchev–Trinajstić information content (AvgIpc) is 2.47. The summed E-state index contributed by atoms with van der Waals surface area (Å²) in [7, 11) is 1.62. The third-order valence-corrected chi connectivity index (χ3v) is 3.53. The summed E-state index contributed by atoms with van der Waals surface area (Å²) in [5.74, 6) is 1.39. The quantitative estimate of drug-likeness (QED) is 0.659. The lowest BCUT2D eigenvalue weighted by molar-refractivity contribution is 0.415. The molecule has 0 aliphatic heterocycles. The molecule has 3 aromatic rings. The minimum Gasteiger partial charge on any atom is -0.497 e. The molecule has 0 saturated carbocycles. The van der Waals surface area contributed by atoms with E-state index in [1.807, 2.05) is 49.4 Å². The predicted octanol–water partition coefficient (Wildman–Crippen LogP) is 4.27. The molecule has 0 aliphatic rings. The summed E-state index contributed by atoms with van der Waals surface area (Å²) >= 11 is 6.29. The minimum absolute atomic E-state index is 0.437. The molecule has 0 radical (unpaired) electrons. The van der Waals surface area contributed by atoms with Gasteiger partial charge in [0.1, 0.15) is 10.9 Å². The average molecular weight is 285 g/mol. The highest BCUT2D eigenvalue weighted by Gasteiger charge is 2.10. The van der Waals surface area contributed by atoms with Gasteiger partial charge in [-0.05, 0) is 30.7 Å². The number of aromatic nitrogens is 2. The number of nitrogens with zero attached hydrogens (tertiary/aromatic N) is 2. The van der Waals surface area contributed by atoms with Gasteiger partial charge >= 0.3 is 0 Å². The van der Waals surface area contributed by atoms with Gasteiger partial charge < -0.3 is 4.74 Å². The molecule has 1 heterocycles. The molecular weight excluding hydrogens is 272 g/mol. The van der Waals surface area contributed by atoms with Crippen LogP contribution in [-0.4, -0.2) is 17.1 Å². The highest BCUT2D eigenvalue weighted by atomic mass is 35.5. The summed E-state index contributed by atoms with van der Waals surface area (Å²) < 4.78 is 5.20. The van der Waals surface area contributed by atoms with E-state index in [1.54, 1.807) is 7.11 Å². The zero-order chi connectivity index (χ0) is 14.1. The number of methoxy groups -OCH3 is 1. The maximum Gasteiger partial charge on any atom is 0.161 e. The number of hydrogen-bond acceptors (Lipinski definition) is 3. The second kappa shape index (κ2) is 5.10. The van der Waals surface area contributed by atoms with Crippen LogP contribution in [0, 0.1) is 6.92 Å². The van der Waals surface area contributed by atoms with Crippen molar-refractivity contribution >= 4 is 22.5 Å². The molecule has 0 atom stereocenters. The van der Waals surface area contributed by atoms with E-state index in [4.69, 9.17) is 16.3 Å². The van der Waals surface area contributed by atoms with Crippen LogP contribution >= 0.6 is 11.6 Å². The molecule has 0 unspecified atom stereocenters. The van der Waals surface area contributed by atoms with Crippen LogP contribution in [0.2, 0.25) is 5.15 Å². The van der Waals surface area contributed by atoms with Gasteiger partial charge in [-0.15, -0.1) is 0 Å². The van der Waals surface area contributed by atoms with Crippen molar-refractivity contribution in [3.8, 4) is 17.1 Å². The maximum atomic E-state index is 6.29. The summed E-state index contributed by atoms with van der Waals surface area (Å²) in [6.45, 7) is 2.03. The van der Waals surface area contributed by atoms with Crippen LogP contribution in [0.1, 0.15) is 5.56 Å². The van der Waals surface area contributed by atoms with Crippen molar-refractivity contribution in [2.24, 2.45) is 0 Å². The van der Waals surface area contributed by atoms with Gasteiger partial charge in [0.05, 0.1) is 12.6 Å². The first-order valence-corrected chi connectivity index (χ1v) is 6.64. The molecule has 0 saturated heterocycles. The third kappa shape index (κ3) is 2.21. The van der Waals surface area contributed by atoms with E-state index >= 15 is 0 Å². The van der Waals surface area contributed by atoms with Crippen molar-refractivity contribution in [3.63, 3.8) is 0 Å². The Morgan fingerprint density at radius 1 is 1.05 bits per heavy atom. The molecule has 100 valence electrons. The molecule has 2 aromatic carbocycles. The van der Waals surface area contributed by atoms with E-state index in [-0.39, 0.29) is 0 Å². The molecule has 3 nitrogen and oxygen atoms in total. The van der Waals surface area contributed by atoms with E-state index in [0.29, 0.717) is 11.0 Å². The maximum absolute atomic E-state index is 6.29. The van der Waals surface area contributed by atoms with Crippen LogP contribution < -0.4 is 4.74 Å². The summed E-state index contributed by atoms with van der Waals surface area (Å²) in [4.78, 5) is 9.00. The van der Waals surface area contributed by atoms with Crippen LogP contribution in [0.3, 0.4) is 0 Å². The molecule has 0 N–H and O–H groups in total. The van der Waals surface area contributed by atoms with Gasteiger partial charge in [0.15, 0.2) is 5.82 Å². The number of hydrogen-bond donors (Lipinski definition) is 0.